The van der Waals surface area contributed by atoms with Gasteiger partial charge in [-0.3, -0.25) is 5.41 Å². The first-order chi connectivity index (χ1) is 10.1. The summed E-state index contributed by atoms with van der Waals surface area (Å²) in [5, 5.41) is 7.58. The zero-order valence-electron chi connectivity index (χ0n) is 12.2. The molecule has 0 aliphatic carbocycles. The van der Waals surface area contributed by atoms with E-state index in [0.717, 1.165) is 30.2 Å². The highest BCUT2D eigenvalue weighted by molar-refractivity contribution is 5.93. The maximum absolute atomic E-state index is 7.58. The van der Waals surface area contributed by atoms with Gasteiger partial charge in [-0.25, -0.2) is 9.97 Å². The molecule has 1 aliphatic heterocycles. The Labute approximate surface area is 123 Å². The van der Waals surface area contributed by atoms with Gasteiger partial charge in [0.25, 0.3) is 0 Å². The highest BCUT2D eigenvalue weighted by atomic mass is 15.3. The third kappa shape index (κ3) is 2.40. The number of nitrogens with one attached hydrogen (secondary N) is 1. The molecule has 1 aromatic heterocycles. The average Bonchev–Trinajstić information content (AvgIpc) is 2.47. The predicted molar refractivity (Wildman–Crippen MR) is 84.5 cm³/mol. The molecule has 0 amide bonds. The van der Waals surface area contributed by atoms with Crippen molar-refractivity contribution in [2.24, 2.45) is 5.73 Å². The molecule has 6 nitrogen and oxygen atoms in total. The molecule has 0 atom stereocenters. The number of likely N-dealkylation sites (N-methyl/N-ethyl adjacent to an activating group) is 1. The molecule has 0 saturated heterocycles. The number of benzene rings is 1. The molecule has 1 aliphatic rings. The third-order valence-electron chi connectivity index (χ3n) is 3.60. The number of rotatable bonds is 2. The molecule has 0 radical (unpaired) electrons. The first kappa shape index (κ1) is 13.4. The van der Waals surface area contributed by atoms with Crippen molar-refractivity contribution in [2.75, 3.05) is 29.9 Å². The molecule has 2 heterocycles. The number of para-hydroxylation sites is 2. The van der Waals surface area contributed by atoms with E-state index in [1.165, 1.54) is 0 Å². The number of aryl methyl sites for hydroxylation is 1. The molecule has 2 aromatic rings. The molecule has 0 unspecified atom stereocenters. The van der Waals surface area contributed by atoms with E-state index in [1.54, 1.807) is 6.07 Å². The highest BCUT2D eigenvalue weighted by Gasteiger charge is 2.23. The van der Waals surface area contributed by atoms with Crippen LogP contribution in [0.25, 0.3) is 0 Å². The lowest BCUT2D eigenvalue weighted by Gasteiger charge is -2.35. The van der Waals surface area contributed by atoms with Crippen LogP contribution in [0.5, 0.6) is 0 Å². The SMILES string of the molecule is Cc1cc(C(=N)N)nc(N2CCN(C)c3ccccc32)n1. The van der Waals surface area contributed by atoms with Crippen LogP contribution in [0.2, 0.25) is 0 Å². The number of hydrogen-bond donors (Lipinski definition) is 2. The molecule has 0 saturated carbocycles. The normalized spacial score (nSPS) is 14.0. The number of fused-ring (bicyclic) bond motifs is 1. The van der Waals surface area contributed by atoms with E-state index in [9.17, 15) is 0 Å². The van der Waals surface area contributed by atoms with Crippen molar-refractivity contribution in [3.63, 3.8) is 0 Å². The number of hydrogen-bond acceptors (Lipinski definition) is 5. The van der Waals surface area contributed by atoms with Crippen molar-refractivity contribution in [3.8, 4) is 0 Å². The number of nitrogens with two attached hydrogens (primary N) is 1. The zero-order chi connectivity index (χ0) is 15.0. The minimum absolute atomic E-state index is 0.0378. The first-order valence-electron chi connectivity index (χ1n) is 6.84. The van der Waals surface area contributed by atoms with Gasteiger partial charge < -0.3 is 15.5 Å². The zero-order valence-corrected chi connectivity index (χ0v) is 12.2. The summed E-state index contributed by atoms with van der Waals surface area (Å²) in [5.74, 6) is 0.560. The number of amidine groups is 1. The number of nitrogens with zero attached hydrogens (tertiary/aromatic N) is 4. The molecule has 3 N–H and O–H groups in total. The monoisotopic (exact) mass is 282 g/mol. The summed E-state index contributed by atoms with van der Waals surface area (Å²) >= 11 is 0. The summed E-state index contributed by atoms with van der Waals surface area (Å²) in [4.78, 5) is 13.2. The van der Waals surface area contributed by atoms with Crippen LogP contribution in [0.3, 0.4) is 0 Å². The quantitative estimate of drug-likeness (QED) is 0.646. The largest absolute Gasteiger partial charge is 0.382 e. The van der Waals surface area contributed by atoms with Crippen molar-refractivity contribution in [1.29, 1.82) is 5.41 Å². The molecule has 0 bridgehead atoms. The summed E-state index contributed by atoms with van der Waals surface area (Å²) in [6.45, 7) is 3.58. The van der Waals surface area contributed by atoms with Crippen molar-refractivity contribution in [3.05, 3.63) is 41.7 Å². The second-order valence-electron chi connectivity index (χ2n) is 5.17. The van der Waals surface area contributed by atoms with Crippen LogP contribution < -0.4 is 15.5 Å². The molecule has 21 heavy (non-hydrogen) atoms. The van der Waals surface area contributed by atoms with Crippen LogP contribution >= 0.6 is 0 Å². The molecule has 108 valence electrons. The van der Waals surface area contributed by atoms with E-state index >= 15 is 0 Å². The lowest BCUT2D eigenvalue weighted by Crippen LogP contribution is -2.37. The summed E-state index contributed by atoms with van der Waals surface area (Å²) < 4.78 is 0. The second-order valence-corrected chi connectivity index (χ2v) is 5.17. The topological polar surface area (TPSA) is 82.1 Å². The molecule has 0 spiro atoms. The Hall–Kier alpha value is -2.63. The Kier molecular flexibility index (Phi) is 3.21. The van der Waals surface area contributed by atoms with Crippen LogP contribution in [0.1, 0.15) is 11.4 Å². The Morgan fingerprint density at radius 1 is 1.19 bits per heavy atom. The third-order valence-corrected chi connectivity index (χ3v) is 3.60. The summed E-state index contributed by atoms with van der Waals surface area (Å²) in [6, 6.07) is 9.91. The van der Waals surface area contributed by atoms with Crippen LogP contribution in [-0.2, 0) is 0 Å². The van der Waals surface area contributed by atoms with Crippen LogP contribution in [0.15, 0.2) is 30.3 Å². The van der Waals surface area contributed by atoms with Crippen molar-refractivity contribution < 1.29 is 0 Å². The lowest BCUT2D eigenvalue weighted by molar-refractivity contribution is 0.798. The fraction of sp³-hybridized carbons (Fsp3) is 0.267. The Morgan fingerprint density at radius 2 is 1.90 bits per heavy atom. The Balaban J connectivity index is 2.10. The molecule has 0 fully saturated rings. The van der Waals surface area contributed by atoms with Gasteiger partial charge in [0.1, 0.15) is 11.5 Å². The van der Waals surface area contributed by atoms with E-state index in [2.05, 4.69) is 38.9 Å². The van der Waals surface area contributed by atoms with E-state index in [1.807, 2.05) is 19.1 Å². The maximum atomic E-state index is 7.58. The smallest absolute Gasteiger partial charge is 0.230 e. The molecule has 3 rings (SSSR count). The fourth-order valence-electron chi connectivity index (χ4n) is 2.53. The first-order valence-corrected chi connectivity index (χ1v) is 6.84. The Bertz CT molecular complexity index is 696. The van der Waals surface area contributed by atoms with E-state index in [4.69, 9.17) is 11.1 Å². The van der Waals surface area contributed by atoms with E-state index in [0.29, 0.717) is 11.6 Å². The number of anilines is 3. The van der Waals surface area contributed by atoms with Crippen molar-refractivity contribution >= 4 is 23.2 Å². The molecule has 6 heteroatoms. The van der Waals surface area contributed by atoms with Gasteiger partial charge in [0.05, 0.1) is 11.4 Å². The summed E-state index contributed by atoms with van der Waals surface area (Å²) in [5.41, 5.74) is 9.06. The molecule has 1 aromatic carbocycles. The molecular weight excluding hydrogens is 264 g/mol. The highest BCUT2D eigenvalue weighted by Crippen LogP contribution is 2.35. The van der Waals surface area contributed by atoms with Gasteiger partial charge in [0, 0.05) is 25.8 Å². The predicted octanol–water partition coefficient (Wildman–Crippen LogP) is 1.66. The van der Waals surface area contributed by atoms with Gasteiger partial charge in [-0.2, -0.15) is 0 Å². The van der Waals surface area contributed by atoms with Crippen molar-refractivity contribution in [1.82, 2.24) is 9.97 Å². The van der Waals surface area contributed by atoms with Gasteiger partial charge >= 0.3 is 0 Å². The fourth-order valence-corrected chi connectivity index (χ4v) is 2.53. The van der Waals surface area contributed by atoms with E-state index < -0.39 is 0 Å². The van der Waals surface area contributed by atoms with E-state index in [-0.39, 0.29) is 5.84 Å². The van der Waals surface area contributed by atoms with Crippen LogP contribution in [0, 0.1) is 12.3 Å². The van der Waals surface area contributed by atoms with Gasteiger partial charge in [0.15, 0.2) is 0 Å². The van der Waals surface area contributed by atoms with Gasteiger partial charge in [-0.1, -0.05) is 12.1 Å². The lowest BCUT2D eigenvalue weighted by atomic mass is 10.2. The second kappa shape index (κ2) is 5.05. The maximum Gasteiger partial charge on any atom is 0.230 e. The van der Waals surface area contributed by atoms with Gasteiger partial charge in [-0.15, -0.1) is 0 Å². The van der Waals surface area contributed by atoms with Crippen LogP contribution in [0.4, 0.5) is 17.3 Å². The minimum Gasteiger partial charge on any atom is -0.382 e. The average molecular weight is 282 g/mol. The van der Waals surface area contributed by atoms with Gasteiger partial charge in [0.2, 0.25) is 5.95 Å². The van der Waals surface area contributed by atoms with Gasteiger partial charge in [-0.05, 0) is 25.1 Å². The summed E-state index contributed by atoms with van der Waals surface area (Å²) in [6.07, 6.45) is 0. The number of aromatic nitrogens is 2. The molecular formula is C15H18N6. The standard InChI is InChI=1S/C15H18N6/c1-10-9-11(14(16)17)19-15(18-10)21-8-7-20(2)12-5-3-4-6-13(12)21/h3-6,9H,7-8H2,1-2H3,(H3,16,17). The summed E-state index contributed by atoms with van der Waals surface area (Å²) in [7, 11) is 2.08. The van der Waals surface area contributed by atoms with Crippen LogP contribution in [-0.4, -0.2) is 35.9 Å². The number of nitrogen functional groups attached to an aromatic ring is 1. The Morgan fingerprint density at radius 3 is 2.62 bits per heavy atom. The minimum atomic E-state index is -0.0378. The van der Waals surface area contributed by atoms with Crippen molar-refractivity contribution in [2.45, 2.75) is 6.92 Å².